The van der Waals surface area contributed by atoms with Crippen LogP contribution in [0, 0.1) is 0 Å². The number of unbranched alkanes of at least 4 members (excludes halogenated alkanes) is 30. The molecule has 6 fully saturated rings. The van der Waals surface area contributed by atoms with E-state index in [1.165, 1.54) is 128 Å². The Hall–Kier alpha value is -4.94. The Kier molecular flexibility index (Phi) is 55.0. The minimum atomic E-state index is -3.36. The summed E-state index contributed by atoms with van der Waals surface area (Å²) in [6, 6.07) is -6.81. The molecular formula is C92H162N4O39. The molecular weight excluding hydrogens is 1790 g/mol. The number of nitrogens with one attached hydrogen (secondary N) is 4. The maximum atomic E-state index is 13.7. The monoisotopic (exact) mass is 1950 g/mol. The summed E-state index contributed by atoms with van der Waals surface area (Å²) in [7, 11) is 0. The first-order valence-electron chi connectivity index (χ1n) is 48.9. The Labute approximate surface area is 790 Å². The minimum absolute atomic E-state index is 0.126. The van der Waals surface area contributed by atoms with Gasteiger partial charge in [0.25, 0.3) is 11.6 Å². The van der Waals surface area contributed by atoms with E-state index in [-0.39, 0.29) is 12.3 Å². The molecule has 6 aliphatic rings. The van der Waals surface area contributed by atoms with E-state index in [2.05, 4.69) is 47.3 Å². The first-order valence-corrected chi connectivity index (χ1v) is 48.9. The van der Waals surface area contributed by atoms with Crippen molar-refractivity contribution in [1.82, 2.24) is 21.3 Å². The van der Waals surface area contributed by atoms with Gasteiger partial charge in [0.1, 0.15) is 134 Å². The van der Waals surface area contributed by atoms with Gasteiger partial charge in [0.15, 0.2) is 25.2 Å². The highest BCUT2D eigenvalue weighted by atomic mass is 16.8. The maximum Gasteiger partial charge on any atom is 0.364 e. The van der Waals surface area contributed by atoms with Gasteiger partial charge in [-0.05, 0) is 44.9 Å². The van der Waals surface area contributed by atoms with Gasteiger partial charge in [0, 0.05) is 40.0 Å². The summed E-state index contributed by atoms with van der Waals surface area (Å²) in [5.41, 5.74) is 0. The van der Waals surface area contributed by atoms with E-state index in [9.17, 15) is 136 Å². The van der Waals surface area contributed by atoms with Gasteiger partial charge in [-0.15, -0.1) is 0 Å². The molecule has 0 aromatic carbocycles. The molecule has 43 heteroatoms. The van der Waals surface area contributed by atoms with Crippen molar-refractivity contribution in [3.05, 3.63) is 24.3 Å². The zero-order valence-electron chi connectivity index (χ0n) is 78.9. The minimum Gasteiger partial charge on any atom is -0.477 e. The van der Waals surface area contributed by atoms with Crippen LogP contribution in [-0.4, -0.2) is 396 Å². The highest BCUT2D eigenvalue weighted by molar-refractivity contribution is 5.78. The van der Waals surface area contributed by atoms with Gasteiger partial charge in [-0.1, -0.05) is 205 Å². The summed E-state index contributed by atoms with van der Waals surface area (Å²) in [4.78, 5) is 79.0. The second-order valence-electron chi connectivity index (χ2n) is 36.7. The summed E-state index contributed by atoms with van der Waals surface area (Å²) in [6.07, 6.45) is -18.0. The van der Waals surface area contributed by atoms with Gasteiger partial charge in [-0.2, -0.15) is 0 Å². The third-order valence-corrected chi connectivity index (χ3v) is 25.7. The number of hydrogen-bond donors (Lipinski definition) is 25. The van der Waals surface area contributed by atoms with E-state index in [1.54, 1.807) is 6.08 Å². The molecule has 0 bridgehead atoms. The molecule has 0 aromatic rings. The van der Waals surface area contributed by atoms with E-state index in [1.807, 2.05) is 6.08 Å². The Morgan fingerprint density at radius 3 is 1.20 bits per heavy atom. The fourth-order valence-corrected chi connectivity index (χ4v) is 17.9. The molecule has 0 aromatic heterocycles. The number of carbonyl (C=O) groups excluding carboxylic acids is 4. The normalized spacial score (nSPS) is 33.8. The van der Waals surface area contributed by atoms with Gasteiger partial charge in [-0.3, -0.25) is 19.2 Å². The molecule has 6 saturated heterocycles. The Morgan fingerprint density at radius 1 is 0.400 bits per heavy atom. The highest BCUT2D eigenvalue weighted by Crippen LogP contribution is 2.42. The van der Waals surface area contributed by atoms with Gasteiger partial charge in [-0.25, -0.2) is 9.59 Å². The van der Waals surface area contributed by atoms with Gasteiger partial charge < -0.3 is 185 Å². The fourth-order valence-electron chi connectivity index (χ4n) is 17.9. The van der Waals surface area contributed by atoms with Gasteiger partial charge >= 0.3 is 11.9 Å². The van der Waals surface area contributed by atoms with E-state index in [0.717, 1.165) is 91.4 Å². The molecule has 25 N–H and O–H groups in total. The molecule has 6 aliphatic heterocycles. The topological polar surface area (TPSA) is 686 Å². The van der Waals surface area contributed by atoms with E-state index >= 15 is 0 Å². The van der Waals surface area contributed by atoms with Crippen LogP contribution in [0.25, 0.3) is 0 Å². The van der Waals surface area contributed by atoms with Crippen molar-refractivity contribution in [1.29, 1.82) is 0 Å². The number of ether oxygens (including phenoxy) is 12. The number of carbonyl (C=O) groups is 6. The molecule has 0 spiro atoms. The molecule has 12 unspecified atom stereocenters. The average molecular weight is 1950 g/mol. The van der Waals surface area contributed by atoms with E-state index < -0.39 is 296 Å². The number of carboxylic acid groups (broad SMARTS) is 2. The number of allylic oxidation sites excluding steroid dienone is 3. The van der Waals surface area contributed by atoms with Crippen LogP contribution in [0.1, 0.15) is 266 Å². The lowest BCUT2D eigenvalue weighted by Crippen LogP contribution is -2.72. The van der Waals surface area contributed by atoms with Crippen molar-refractivity contribution in [2.75, 3.05) is 46.2 Å². The number of rotatable bonds is 66. The molecule has 0 saturated carbocycles. The van der Waals surface area contributed by atoms with Crippen LogP contribution in [-0.2, 0) is 85.6 Å². The largest absolute Gasteiger partial charge is 0.477 e. The summed E-state index contributed by atoms with van der Waals surface area (Å²) in [5, 5.41) is 246. The molecule has 43 nitrogen and oxygen atoms in total. The first-order chi connectivity index (χ1) is 64.5. The highest BCUT2D eigenvalue weighted by Gasteiger charge is 2.63. The standard InChI is InChI=1S/C92H162N4O39/c1-6-8-10-12-14-16-18-20-21-22-23-24-25-26-27-28-29-31-33-35-37-39-41-43-66(110)96-56(57(105)42-40-38-36-34-32-30-19-17-15-13-11-9-7-2)51-124-86-76(117)74(115)80(63(49-100)127-86)131-87-77(118)75(116)79(64(50-101)128-87)130-85-69(95-55(5)104)81(73(114)65(129-85)52-125-91(89(120)121)44-58(106)67(93-53(3)102)82(133-91)70(111)60(108)46-97)132-88-78(119)84(72(113)62(48-99)126-88)135-92(90(122)123)45-59(107)68(94-54(4)103)83(134-92)71(112)61(109)47-98/h20-21,40,42,56-65,67-88,97-101,105-109,111-119H,6-19,22-39,41,43-52H2,1-5H3,(H,93,102)(H,94,103)(H,95,104)(H,96,110)(H,120,121)(H,122,123)/b21-20-,42-40+/t56-,57+,58?,59?,60+,61+,62?,63?,64?,65?,67+,68+,69?,70+,71+,72-,73-,74+,75+,76?,77?,78?,79-,80+,81+,82?,83?,84-,85-,86+,87-,88-,91+,92-/m0/s1. The van der Waals surface area contributed by atoms with Crippen molar-refractivity contribution >= 4 is 35.6 Å². The molecule has 6 rings (SSSR count). The number of aliphatic carboxylic acids is 2. The molecule has 0 radical (unpaired) electrons. The predicted molar refractivity (Wildman–Crippen MR) is 477 cm³/mol. The third-order valence-electron chi connectivity index (χ3n) is 25.7. The molecule has 6 heterocycles. The number of aliphatic hydroxyl groups is 19. The van der Waals surface area contributed by atoms with Crippen molar-refractivity contribution in [2.24, 2.45) is 0 Å². The van der Waals surface area contributed by atoms with Gasteiger partial charge in [0.2, 0.25) is 23.6 Å². The molecule has 784 valence electrons. The lowest BCUT2D eigenvalue weighted by molar-refractivity contribution is -0.391. The second kappa shape index (κ2) is 62.5. The zero-order valence-corrected chi connectivity index (χ0v) is 78.9. The van der Waals surface area contributed by atoms with Crippen molar-refractivity contribution < 1.29 is 193 Å². The molecule has 4 amide bonds. The van der Waals surface area contributed by atoms with Crippen molar-refractivity contribution in [3.8, 4) is 0 Å². The lowest BCUT2D eigenvalue weighted by Gasteiger charge is -2.52. The molecule has 0 aliphatic carbocycles. The first kappa shape index (κ1) is 119. The smallest absolute Gasteiger partial charge is 0.364 e. The van der Waals surface area contributed by atoms with E-state index in [4.69, 9.17) is 56.8 Å². The zero-order chi connectivity index (χ0) is 99.5. The average Bonchev–Trinajstić information content (AvgIpc) is 0.762. The fraction of sp³-hybridized carbons (Fsp3) is 0.891. The van der Waals surface area contributed by atoms with Crippen LogP contribution in [0.2, 0.25) is 0 Å². The molecule has 135 heavy (non-hydrogen) atoms. The van der Waals surface area contributed by atoms with Crippen LogP contribution in [0.15, 0.2) is 24.3 Å². The van der Waals surface area contributed by atoms with Crippen molar-refractivity contribution in [3.63, 3.8) is 0 Å². The van der Waals surface area contributed by atoms with Crippen LogP contribution < -0.4 is 21.3 Å². The predicted octanol–water partition coefficient (Wildman–Crippen LogP) is -0.972. The summed E-state index contributed by atoms with van der Waals surface area (Å²) >= 11 is 0. The second-order valence-corrected chi connectivity index (χ2v) is 36.7. The van der Waals surface area contributed by atoms with Gasteiger partial charge in [0.05, 0.1) is 82.7 Å². The number of aliphatic hydroxyl groups excluding tert-OH is 19. The number of carboxylic acids is 2. The number of hydrogen-bond acceptors (Lipinski definition) is 37. The Morgan fingerprint density at radius 2 is 0.763 bits per heavy atom. The summed E-state index contributed by atoms with van der Waals surface area (Å²) in [6.45, 7) is -0.584. The lowest BCUT2D eigenvalue weighted by atomic mass is 9.88. The third kappa shape index (κ3) is 37.1. The Bertz CT molecular complexity index is 3400. The van der Waals surface area contributed by atoms with E-state index in [0.29, 0.717) is 12.8 Å². The van der Waals surface area contributed by atoms with Crippen LogP contribution >= 0.6 is 0 Å². The van der Waals surface area contributed by atoms with Crippen LogP contribution in [0.4, 0.5) is 0 Å². The maximum absolute atomic E-state index is 13.7. The Balaban J connectivity index is 1.19. The number of amides is 4. The SMILES string of the molecule is CCCCCCCC/C=C\CCCCCCCCCCCCCCCC(=O)N[C@@H](CO[C@@H]1OC(CO)[C@@H](O[C@@H]2OC(CO)[C@H](O[C@@H]3OC(CO[C@]4(C(=O)O)CC(O)[C@@H](NC(C)=O)C([C@H](O)[C@H](O)CO)O4)[C@H](O)[C@H](O[C@@H]4OC(CO)[C@H](O)[C@H](O[C@]5(C(=O)O)CC(O)[C@@H](NC(C)=O)C([C@H](O)[C@H](O)CO)O5)C4O)C3NC(C)=O)[C@H](O)C2O)[C@H](O)C1O)[C@H](O)/C=C/CCCCCCCCCCCCC. The summed E-state index contributed by atoms with van der Waals surface area (Å²) < 4.78 is 71.7. The summed E-state index contributed by atoms with van der Waals surface area (Å²) in [5.74, 6) is -14.1. The molecule has 34 atom stereocenters. The van der Waals surface area contributed by atoms with Crippen LogP contribution in [0.3, 0.4) is 0 Å². The quantitative estimate of drug-likeness (QED) is 0.0257. The van der Waals surface area contributed by atoms with Crippen molar-refractivity contribution in [2.45, 2.75) is 473 Å². The van der Waals surface area contributed by atoms with Crippen LogP contribution in [0.5, 0.6) is 0 Å².